The van der Waals surface area contributed by atoms with E-state index in [2.05, 4.69) is 0 Å². The van der Waals surface area contributed by atoms with Gasteiger partial charge in [0.25, 0.3) is 0 Å². The van der Waals surface area contributed by atoms with Crippen molar-refractivity contribution in [3.05, 3.63) is 35.9 Å². The van der Waals surface area contributed by atoms with Crippen molar-refractivity contribution in [2.45, 2.75) is 51.9 Å². The molecule has 0 radical (unpaired) electrons. The summed E-state index contributed by atoms with van der Waals surface area (Å²) in [4.78, 5) is 0. The lowest BCUT2D eigenvalue weighted by Crippen LogP contribution is -2.46. The molecule has 3 heteroatoms. The predicted octanol–water partition coefficient (Wildman–Crippen LogP) is 2.75. The summed E-state index contributed by atoms with van der Waals surface area (Å²) in [7, 11) is 0. The van der Waals surface area contributed by atoms with Crippen LogP contribution < -0.4 is 0 Å². The van der Waals surface area contributed by atoms with Gasteiger partial charge in [0, 0.05) is 6.61 Å². The number of ether oxygens (including phenoxy) is 1. The molecule has 0 spiro atoms. The highest BCUT2D eigenvalue weighted by molar-refractivity contribution is 5.13. The zero-order valence-corrected chi connectivity index (χ0v) is 12.7. The molecule has 0 saturated heterocycles. The molecule has 0 amide bonds. The van der Waals surface area contributed by atoms with E-state index < -0.39 is 11.7 Å². The smallest absolute Gasteiger partial charge is 0.0930 e. The van der Waals surface area contributed by atoms with Crippen LogP contribution in [0.5, 0.6) is 0 Å². The van der Waals surface area contributed by atoms with E-state index in [0.717, 1.165) is 6.42 Å². The van der Waals surface area contributed by atoms with Crippen LogP contribution in [0, 0.1) is 11.3 Å². The lowest BCUT2D eigenvalue weighted by molar-refractivity contribution is -0.104. The molecule has 20 heavy (non-hydrogen) atoms. The third kappa shape index (κ3) is 2.90. The van der Waals surface area contributed by atoms with E-state index in [1.165, 1.54) is 5.56 Å². The molecule has 0 unspecified atom stereocenters. The van der Waals surface area contributed by atoms with Gasteiger partial charge in [-0.3, -0.25) is 0 Å². The Morgan fingerprint density at radius 3 is 2.40 bits per heavy atom. The lowest BCUT2D eigenvalue weighted by Gasteiger charge is -2.38. The van der Waals surface area contributed by atoms with Gasteiger partial charge in [0.05, 0.1) is 18.3 Å². The summed E-state index contributed by atoms with van der Waals surface area (Å²) in [5, 5.41) is 20.4. The molecular weight excluding hydrogens is 252 g/mol. The molecule has 1 aliphatic carbocycles. The first-order valence-electron chi connectivity index (χ1n) is 7.38. The highest BCUT2D eigenvalue weighted by Crippen LogP contribution is 2.51. The van der Waals surface area contributed by atoms with Crippen LogP contribution in [0.4, 0.5) is 0 Å². The van der Waals surface area contributed by atoms with Crippen molar-refractivity contribution in [3.8, 4) is 0 Å². The zero-order valence-electron chi connectivity index (χ0n) is 12.7. The Morgan fingerprint density at radius 1 is 1.20 bits per heavy atom. The second-order valence-corrected chi connectivity index (χ2v) is 6.64. The second-order valence-electron chi connectivity index (χ2n) is 6.64. The van der Waals surface area contributed by atoms with Crippen molar-refractivity contribution in [1.29, 1.82) is 0 Å². The maximum absolute atomic E-state index is 10.4. The Balaban J connectivity index is 1.80. The molecule has 0 aromatic heterocycles. The zero-order chi connectivity index (χ0) is 14.8. The van der Waals surface area contributed by atoms with E-state index in [-0.39, 0.29) is 11.3 Å². The standard InChI is InChI=1S/C17H26O3/c1-16(2)14(11-15(18)17(16,3)19)9-10-20-12-13-7-5-4-6-8-13/h4-8,14-15,18-19H,9-12H2,1-3H3/t14-,15-,17-/m0/s1. The lowest BCUT2D eigenvalue weighted by atomic mass is 9.72. The van der Waals surface area contributed by atoms with Gasteiger partial charge in [-0.25, -0.2) is 0 Å². The summed E-state index contributed by atoms with van der Waals surface area (Å²) in [6.45, 7) is 7.08. The van der Waals surface area contributed by atoms with Crippen LogP contribution in [-0.4, -0.2) is 28.5 Å². The summed E-state index contributed by atoms with van der Waals surface area (Å²) in [5.74, 6) is 0.281. The molecule has 112 valence electrons. The first-order valence-corrected chi connectivity index (χ1v) is 7.38. The number of hydrogen-bond donors (Lipinski definition) is 2. The van der Waals surface area contributed by atoms with Crippen molar-refractivity contribution in [1.82, 2.24) is 0 Å². The van der Waals surface area contributed by atoms with Crippen LogP contribution in [0.15, 0.2) is 30.3 Å². The van der Waals surface area contributed by atoms with Crippen molar-refractivity contribution in [2.24, 2.45) is 11.3 Å². The van der Waals surface area contributed by atoms with Crippen LogP contribution in [0.2, 0.25) is 0 Å². The van der Waals surface area contributed by atoms with E-state index in [1.807, 2.05) is 44.2 Å². The van der Waals surface area contributed by atoms with Gasteiger partial charge in [0.1, 0.15) is 0 Å². The van der Waals surface area contributed by atoms with Gasteiger partial charge in [-0.2, -0.15) is 0 Å². The monoisotopic (exact) mass is 278 g/mol. The number of aliphatic hydroxyl groups is 2. The number of aliphatic hydroxyl groups excluding tert-OH is 1. The second kappa shape index (κ2) is 5.84. The van der Waals surface area contributed by atoms with Crippen LogP contribution in [0.25, 0.3) is 0 Å². The van der Waals surface area contributed by atoms with Gasteiger partial charge in [0.15, 0.2) is 0 Å². The number of hydrogen-bond acceptors (Lipinski definition) is 3. The summed E-state index contributed by atoms with van der Waals surface area (Å²) >= 11 is 0. The third-order valence-electron chi connectivity index (χ3n) is 5.20. The Hall–Kier alpha value is -0.900. The largest absolute Gasteiger partial charge is 0.390 e. The van der Waals surface area contributed by atoms with Crippen LogP contribution in [0.1, 0.15) is 39.2 Å². The molecule has 2 N–H and O–H groups in total. The first kappa shape index (κ1) is 15.5. The summed E-state index contributed by atoms with van der Waals surface area (Å²) in [5.41, 5.74) is -0.134. The van der Waals surface area contributed by atoms with Gasteiger partial charge < -0.3 is 14.9 Å². The fraction of sp³-hybridized carbons (Fsp3) is 0.647. The molecule has 3 nitrogen and oxygen atoms in total. The Kier molecular flexibility index (Phi) is 4.52. The molecule has 1 aromatic rings. The summed E-state index contributed by atoms with van der Waals surface area (Å²) in [6, 6.07) is 10.1. The first-order chi connectivity index (χ1) is 9.35. The minimum atomic E-state index is -1.02. The Morgan fingerprint density at radius 2 is 1.85 bits per heavy atom. The molecule has 0 bridgehead atoms. The van der Waals surface area contributed by atoms with Gasteiger partial charge in [-0.15, -0.1) is 0 Å². The molecule has 1 saturated carbocycles. The SMILES string of the molecule is CC1(C)[C@@H](CCOCc2ccccc2)C[C@H](O)[C@]1(C)O. The Labute approximate surface area is 121 Å². The fourth-order valence-corrected chi connectivity index (χ4v) is 3.10. The van der Waals surface area contributed by atoms with Gasteiger partial charge in [-0.1, -0.05) is 44.2 Å². The van der Waals surface area contributed by atoms with E-state index in [0.29, 0.717) is 19.6 Å². The maximum Gasteiger partial charge on any atom is 0.0930 e. The van der Waals surface area contributed by atoms with Crippen LogP contribution >= 0.6 is 0 Å². The minimum absolute atomic E-state index is 0.281. The van der Waals surface area contributed by atoms with Gasteiger partial charge in [-0.05, 0) is 36.7 Å². The van der Waals surface area contributed by atoms with Crippen molar-refractivity contribution >= 4 is 0 Å². The van der Waals surface area contributed by atoms with E-state index in [9.17, 15) is 10.2 Å². The quantitative estimate of drug-likeness (QED) is 0.814. The van der Waals surface area contributed by atoms with E-state index in [4.69, 9.17) is 4.74 Å². The fourth-order valence-electron chi connectivity index (χ4n) is 3.10. The van der Waals surface area contributed by atoms with Crippen LogP contribution in [-0.2, 0) is 11.3 Å². The molecular formula is C17H26O3. The summed E-state index contributed by atoms with van der Waals surface area (Å²) < 4.78 is 5.72. The molecule has 1 aliphatic rings. The molecule has 1 fully saturated rings. The van der Waals surface area contributed by atoms with E-state index in [1.54, 1.807) is 6.92 Å². The van der Waals surface area contributed by atoms with E-state index >= 15 is 0 Å². The average Bonchev–Trinajstić information content (AvgIpc) is 2.56. The molecule has 0 heterocycles. The van der Waals surface area contributed by atoms with Gasteiger partial charge in [0.2, 0.25) is 0 Å². The van der Waals surface area contributed by atoms with Crippen LogP contribution in [0.3, 0.4) is 0 Å². The topological polar surface area (TPSA) is 49.7 Å². The molecule has 3 atom stereocenters. The highest BCUT2D eigenvalue weighted by Gasteiger charge is 2.55. The van der Waals surface area contributed by atoms with Crippen molar-refractivity contribution in [3.63, 3.8) is 0 Å². The average molecular weight is 278 g/mol. The Bertz CT molecular complexity index is 425. The third-order valence-corrected chi connectivity index (χ3v) is 5.20. The number of rotatable bonds is 5. The highest BCUT2D eigenvalue weighted by atomic mass is 16.5. The molecule has 2 rings (SSSR count). The molecule has 0 aliphatic heterocycles. The van der Waals surface area contributed by atoms with Gasteiger partial charge >= 0.3 is 0 Å². The van der Waals surface area contributed by atoms with Crippen molar-refractivity contribution in [2.75, 3.05) is 6.61 Å². The molecule has 1 aromatic carbocycles. The van der Waals surface area contributed by atoms with Crippen molar-refractivity contribution < 1.29 is 14.9 Å². The normalized spacial score (nSPS) is 32.5. The minimum Gasteiger partial charge on any atom is -0.390 e. The number of benzene rings is 1. The maximum atomic E-state index is 10.4. The predicted molar refractivity (Wildman–Crippen MR) is 79.2 cm³/mol. The summed E-state index contributed by atoms with van der Waals surface area (Å²) in [6.07, 6.45) is 0.874.